The van der Waals surface area contributed by atoms with Crippen LogP contribution in [0.2, 0.25) is 0 Å². The van der Waals surface area contributed by atoms with Crippen molar-refractivity contribution in [2.75, 3.05) is 27.0 Å². The second kappa shape index (κ2) is 11.3. The van der Waals surface area contributed by atoms with E-state index in [0.29, 0.717) is 0 Å². The van der Waals surface area contributed by atoms with Crippen LogP contribution in [-0.4, -0.2) is 51.8 Å². The Labute approximate surface area is 181 Å². The normalized spacial score (nSPS) is 16.0. The zero-order valence-corrected chi connectivity index (χ0v) is 17.3. The fourth-order valence-corrected chi connectivity index (χ4v) is 3.47. The Morgan fingerprint density at radius 3 is 2.44 bits per heavy atom. The van der Waals surface area contributed by atoms with Gasteiger partial charge in [0.1, 0.15) is 19.1 Å². The van der Waals surface area contributed by atoms with Crippen molar-refractivity contribution in [2.24, 2.45) is 0 Å². The number of methoxy groups -OCH3 is 1. The molecule has 1 aromatic carbocycles. The summed E-state index contributed by atoms with van der Waals surface area (Å²) in [5.74, 6) is -4.59. The molecule has 0 bridgehead atoms. The van der Waals surface area contributed by atoms with Crippen molar-refractivity contribution in [3.05, 3.63) is 57.7 Å². The zero-order chi connectivity index (χ0) is 23.8. The standard InChI is InChI=1S/C21H21F4NO6/c1-3-32-21(29)19-15(9-31-10-27)26-14(8-22)18(20(28)30-2)17(19)11-5-4-6-13(23)12(11)7-16(24)25/h4-6,10,16-17,26H,3,7-9H2,1-2H3. The van der Waals surface area contributed by atoms with E-state index in [-0.39, 0.29) is 35.6 Å². The molecular weight excluding hydrogens is 438 g/mol. The van der Waals surface area contributed by atoms with Crippen molar-refractivity contribution in [3.63, 3.8) is 0 Å². The van der Waals surface area contributed by atoms with E-state index in [1.165, 1.54) is 19.1 Å². The molecule has 1 aliphatic rings. The van der Waals surface area contributed by atoms with Gasteiger partial charge in [0, 0.05) is 6.42 Å². The average molecular weight is 459 g/mol. The van der Waals surface area contributed by atoms with Crippen LogP contribution in [0.15, 0.2) is 40.7 Å². The summed E-state index contributed by atoms with van der Waals surface area (Å²) in [7, 11) is 1.01. The fraction of sp³-hybridized carbons (Fsp3) is 0.381. The number of hydrogen-bond acceptors (Lipinski definition) is 7. The van der Waals surface area contributed by atoms with Gasteiger partial charge in [-0.1, -0.05) is 12.1 Å². The zero-order valence-electron chi connectivity index (χ0n) is 17.3. The molecule has 7 nitrogen and oxygen atoms in total. The summed E-state index contributed by atoms with van der Waals surface area (Å²) in [5, 5.41) is 2.52. The molecule has 2 rings (SSSR count). The molecule has 1 N–H and O–H groups in total. The Hall–Kier alpha value is -3.37. The molecule has 1 unspecified atom stereocenters. The molecule has 0 amide bonds. The van der Waals surface area contributed by atoms with Crippen LogP contribution in [-0.2, 0) is 35.0 Å². The molecule has 1 aliphatic heterocycles. The molecule has 0 saturated heterocycles. The maximum absolute atomic E-state index is 14.6. The van der Waals surface area contributed by atoms with Gasteiger partial charge < -0.3 is 19.5 Å². The molecule has 1 aromatic rings. The van der Waals surface area contributed by atoms with Crippen LogP contribution in [0.5, 0.6) is 0 Å². The SMILES string of the molecule is CCOC(=O)C1=C(COC=O)NC(CF)=C(C(=O)OC)C1c1cccc(F)c1CC(F)F. The molecular formula is C21H21F4NO6. The second-order valence-corrected chi connectivity index (χ2v) is 6.50. The van der Waals surface area contributed by atoms with Crippen molar-refractivity contribution in [1.82, 2.24) is 5.32 Å². The molecule has 0 aliphatic carbocycles. The maximum atomic E-state index is 14.6. The van der Waals surface area contributed by atoms with E-state index in [1.807, 2.05) is 0 Å². The largest absolute Gasteiger partial charge is 0.466 e. The fourth-order valence-electron chi connectivity index (χ4n) is 3.47. The number of carbonyl (C=O) groups excluding carboxylic acids is 3. The number of halogens is 4. The van der Waals surface area contributed by atoms with Gasteiger partial charge in [0.05, 0.1) is 42.2 Å². The molecule has 32 heavy (non-hydrogen) atoms. The Bertz CT molecular complexity index is 944. The summed E-state index contributed by atoms with van der Waals surface area (Å²) in [5.41, 5.74) is -1.89. The third-order valence-corrected chi connectivity index (χ3v) is 4.68. The van der Waals surface area contributed by atoms with Gasteiger partial charge in [-0.25, -0.2) is 27.2 Å². The summed E-state index contributed by atoms with van der Waals surface area (Å²) in [6.07, 6.45) is -3.98. The monoisotopic (exact) mass is 459 g/mol. The summed E-state index contributed by atoms with van der Waals surface area (Å²) >= 11 is 0. The highest BCUT2D eigenvalue weighted by Crippen LogP contribution is 2.41. The summed E-state index contributed by atoms with van der Waals surface area (Å²) in [6.45, 7) is -0.324. The van der Waals surface area contributed by atoms with Crippen molar-refractivity contribution in [1.29, 1.82) is 0 Å². The highest BCUT2D eigenvalue weighted by Gasteiger charge is 2.41. The molecule has 1 heterocycles. The van der Waals surface area contributed by atoms with Gasteiger partial charge in [-0.3, -0.25) is 4.79 Å². The van der Waals surface area contributed by atoms with Gasteiger partial charge in [-0.05, 0) is 24.1 Å². The Kier molecular flexibility index (Phi) is 8.80. The Morgan fingerprint density at radius 2 is 1.88 bits per heavy atom. The minimum absolute atomic E-state index is 0.0749. The van der Waals surface area contributed by atoms with Crippen molar-refractivity contribution >= 4 is 18.4 Å². The number of esters is 2. The van der Waals surface area contributed by atoms with Crippen LogP contribution < -0.4 is 5.32 Å². The second-order valence-electron chi connectivity index (χ2n) is 6.50. The molecule has 174 valence electrons. The van der Waals surface area contributed by atoms with E-state index in [2.05, 4.69) is 10.1 Å². The van der Waals surface area contributed by atoms with Crippen LogP contribution >= 0.6 is 0 Å². The number of alkyl halides is 3. The van der Waals surface area contributed by atoms with E-state index in [4.69, 9.17) is 9.47 Å². The number of rotatable bonds is 10. The van der Waals surface area contributed by atoms with E-state index < -0.39 is 60.9 Å². The first kappa shape index (κ1) is 24.9. The van der Waals surface area contributed by atoms with Gasteiger partial charge >= 0.3 is 11.9 Å². The summed E-state index contributed by atoms with van der Waals surface area (Å²) in [6, 6.07) is 3.40. The quantitative estimate of drug-likeness (QED) is 0.249. The lowest BCUT2D eigenvalue weighted by Gasteiger charge is -2.32. The minimum Gasteiger partial charge on any atom is -0.466 e. The van der Waals surface area contributed by atoms with Gasteiger partial charge in [0.2, 0.25) is 6.43 Å². The first-order valence-electron chi connectivity index (χ1n) is 9.45. The van der Waals surface area contributed by atoms with Crippen molar-refractivity contribution in [2.45, 2.75) is 25.7 Å². The summed E-state index contributed by atoms with van der Waals surface area (Å²) in [4.78, 5) is 36.2. The lowest BCUT2D eigenvalue weighted by Crippen LogP contribution is -2.36. The molecule has 1 atom stereocenters. The average Bonchev–Trinajstić information content (AvgIpc) is 2.77. The predicted octanol–water partition coefficient (Wildman–Crippen LogP) is 2.71. The molecule has 0 saturated carbocycles. The first-order valence-corrected chi connectivity index (χ1v) is 9.45. The van der Waals surface area contributed by atoms with Crippen LogP contribution in [0.4, 0.5) is 17.6 Å². The number of dihydropyridines is 1. The van der Waals surface area contributed by atoms with Crippen molar-refractivity contribution < 1.29 is 46.2 Å². The maximum Gasteiger partial charge on any atom is 0.336 e. The molecule has 11 heteroatoms. The van der Waals surface area contributed by atoms with Crippen LogP contribution in [0.25, 0.3) is 0 Å². The van der Waals surface area contributed by atoms with Crippen LogP contribution in [0.1, 0.15) is 24.0 Å². The minimum atomic E-state index is -2.95. The number of carbonyl (C=O) groups is 3. The molecule has 0 radical (unpaired) electrons. The molecule has 0 spiro atoms. The third-order valence-electron chi connectivity index (χ3n) is 4.68. The highest BCUT2D eigenvalue weighted by atomic mass is 19.3. The van der Waals surface area contributed by atoms with Gasteiger partial charge in [-0.15, -0.1) is 0 Å². The van der Waals surface area contributed by atoms with Crippen LogP contribution in [0, 0.1) is 5.82 Å². The Morgan fingerprint density at radius 1 is 1.19 bits per heavy atom. The lowest BCUT2D eigenvalue weighted by molar-refractivity contribution is -0.139. The van der Waals surface area contributed by atoms with Crippen LogP contribution in [0.3, 0.4) is 0 Å². The van der Waals surface area contributed by atoms with E-state index in [1.54, 1.807) is 0 Å². The van der Waals surface area contributed by atoms with Gasteiger partial charge in [0.25, 0.3) is 6.47 Å². The number of hydrogen-bond donors (Lipinski definition) is 1. The van der Waals surface area contributed by atoms with E-state index in [0.717, 1.165) is 13.2 Å². The Balaban J connectivity index is 2.89. The summed E-state index contributed by atoms with van der Waals surface area (Å²) < 4.78 is 69.4. The predicted molar refractivity (Wildman–Crippen MR) is 103 cm³/mol. The topological polar surface area (TPSA) is 90.9 Å². The third kappa shape index (κ3) is 5.27. The molecule has 0 aromatic heterocycles. The number of ether oxygens (including phenoxy) is 3. The highest BCUT2D eigenvalue weighted by molar-refractivity contribution is 6.00. The number of benzene rings is 1. The smallest absolute Gasteiger partial charge is 0.336 e. The van der Waals surface area contributed by atoms with Gasteiger partial charge in [0.15, 0.2) is 0 Å². The van der Waals surface area contributed by atoms with E-state index >= 15 is 0 Å². The van der Waals surface area contributed by atoms with Crippen molar-refractivity contribution in [3.8, 4) is 0 Å². The lowest BCUT2D eigenvalue weighted by atomic mass is 9.78. The van der Waals surface area contributed by atoms with Gasteiger partial charge in [-0.2, -0.15) is 0 Å². The first-order chi connectivity index (χ1) is 15.3. The number of nitrogens with one attached hydrogen (secondary N) is 1. The molecule has 0 fully saturated rings. The van der Waals surface area contributed by atoms with E-state index in [9.17, 15) is 31.9 Å². The number of allylic oxidation sites excluding steroid dienone is 1.